The van der Waals surface area contributed by atoms with E-state index >= 15 is 0 Å². The molecule has 11 aromatic rings. The smallest absolute Gasteiger partial charge is 0.0972 e. The van der Waals surface area contributed by atoms with Gasteiger partial charge in [-0.25, -0.2) is 9.97 Å². The third-order valence-electron chi connectivity index (χ3n) is 10.6. The van der Waals surface area contributed by atoms with E-state index in [1.54, 1.807) is 0 Å². The highest BCUT2D eigenvalue weighted by atomic mass is 15.0. The number of aromatic nitrogens is 4. The van der Waals surface area contributed by atoms with E-state index in [0.717, 1.165) is 88.5 Å². The Hall–Kier alpha value is -7.17. The van der Waals surface area contributed by atoms with Crippen LogP contribution in [0.3, 0.4) is 0 Å². The van der Waals surface area contributed by atoms with Crippen molar-refractivity contribution in [3.8, 4) is 39.3 Å². The first-order valence-electron chi connectivity index (χ1n) is 17.9. The summed E-state index contributed by atoms with van der Waals surface area (Å²) in [6.45, 7) is 0. The van der Waals surface area contributed by atoms with Crippen LogP contribution in [0.2, 0.25) is 0 Å². The molecular formula is C49H30N4. The summed E-state index contributed by atoms with van der Waals surface area (Å²) in [6, 6.07) is 62.6. The van der Waals surface area contributed by atoms with Gasteiger partial charge in [-0.15, -0.1) is 0 Å². The number of benzene rings is 7. The molecule has 7 aromatic carbocycles. The van der Waals surface area contributed by atoms with Crippen molar-refractivity contribution in [1.29, 1.82) is 0 Å². The average molecular weight is 675 g/mol. The number of pyridine rings is 3. The van der Waals surface area contributed by atoms with E-state index < -0.39 is 0 Å². The van der Waals surface area contributed by atoms with Crippen LogP contribution in [0.4, 0.5) is 0 Å². The van der Waals surface area contributed by atoms with E-state index in [1.807, 2.05) is 12.3 Å². The lowest BCUT2D eigenvalue weighted by molar-refractivity contribution is 1.18. The molecule has 0 N–H and O–H groups in total. The molecule has 0 saturated carbocycles. The van der Waals surface area contributed by atoms with Crippen molar-refractivity contribution in [2.24, 2.45) is 0 Å². The summed E-state index contributed by atoms with van der Waals surface area (Å²) in [5, 5.41) is 8.06. The van der Waals surface area contributed by atoms with Crippen LogP contribution in [0.15, 0.2) is 182 Å². The Morgan fingerprint density at radius 1 is 0.377 bits per heavy atom. The minimum Gasteiger partial charge on any atom is -0.309 e. The van der Waals surface area contributed by atoms with Crippen molar-refractivity contribution < 1.29 is 0 Å². The van der Waals surface area contributed by atoms with E-state index in [2.05, 4.69) is 179 Å². The second kappa shape index (κ2) is 11.7. The van der Waals surface area contributed by atoms with Gasteiger partial charge in [0, 0.05) is 55.3 Å². The fourth-order valence-electron chi connectivity index (χ4n) is 8.04. The molecule has 0 unspecified atom stereocenters. The molecule has 0 amide bonds. The molecular weight excluding hydrogens is 645 g/mol. The van der Waals surface area contributed by atoms with Crippen LogP contribution in [0.25, 0.3) is 105 Å². The number of rotatable bonds is 4. The summed E-state index contributed by atoms with van der Waals surface area (Å²) in [7, 11) is 0. The van der Waals surface area contributed by atoms with E-state index in [-0.39, 0.29) is 0 Å². The van der Waals surface area contributed by atoms with Gasteiger partial charge in [-0.05, 0) is 65.0 Å². The van der Waals surface area contributed by atoms with E-state index in [4.69, 9.17) is 9.97 Å². The normalized spacial score (nSPS) is 11.8. The fraction of sp³-hybridized carbons (Fsp3) is 0. The monoisotopic (exact) mass is 674 g/mol. The Bertz CT molecular complexity index is 3200. The second-order valence-corrected chi connectivity index (χ2v) is 13.6. The maximum atomic E-state index is 5.35. The highest BCUT2D eigenvalue weighted by Crippen LogP contribution is 2.40. The molecule has 0 spiro atoms. The van der Waals surface area contributed by atoms with Gasteiger partial charge in [0.1, 0.15) is 0 Å². The number of hydrogen-bond donors (Lipinski definition) is 0. The summed E-state index contributed by atoms with van der Waals surface area (Å²) in [5.74, 6) is 0. The minimum atomic E-state index is 0.927. The standard InChI is InChI=1S/C49H30N4/c1-3-10-33(11-4-1)47-39-16-8-7-15-38(39)40-30-46-42(29-44(40)52-47)41-28-36(24-26-45(41)53(46)37-13-5-2-6-14-37)31-17-19-32(20-18-31)43-25-23-35-22-21-34-12-9-27-50-48(34)49(35)51-43/h1-30H. The Morgan fingerprint density at radius 2 is 1.06 bits per heavy atom. The predicted octanol–water partition coefficient (Wildman–Crippen LogP) is 12.6. The highest BCUT2D eigenvalue weighted by Gasteiger charge is 2.18. The molecule has 0 radical (unpaired) electrons. The third kappa shape index (κ3) is 4.73. The lowest BCUT2D eigenvalue weighted by atomic mass is 9.98. The van der Waals surface area contributed by atoms with Crippen LogP contribution < -0.4 is 0 Å². The topological polar surface area (TPSA) is 43.6 Å². The SMILES string of the molecule is c1ccc(-c2nc3cc4c5cc(-c6ccc(-c7ccc8ccc9cccnc9c8n7)cc6)ccc5n(-c5ccccc5)c4cc3c3ccccc23)cc1. The first-order chi connectivity index (χ1) is 26.3. The maximum Gasteiger partial charge on any atom is 0.0972 e. The van der Waals surface area contributed by atoms with Crippen molar-refractivity contribution in [2.75, 3.05) is 0 Å². The van der Waals surface area contributed by atoms with Gasteiger partial charge in [0.15, 0.2) is 0 Å². The van der Waals surface area contributed by atoms with Gasteiger partial charge < -0.3 is 4.57 Å². The second-order valence-electron chi connectivity index (χ2n) is 13.6. The van der Waals surface area contributed by atoms with Gasteiger partial charge in [0.05, 0.1) is 39.0 Å². The van der Waals surface area contributed by atoms with Crippen LogP contribution in [-0.4, -0.2) is 19.5 Å². The van der Waals surface area contributed by atoms with E-state index in [1.165, 1.54) is 16.2 Å². The maximum absolute atomic E-state index is 5.35. The lowest BCUT2D eigenvalue weighted by Crippen LogP contribution is -1.94. The van der Waals surface area contributed by atoms with Crippen LogP contribution in [0.5, 0.6) is 0 Å². The van der Waals surface area contributed by atoms with E-state index in [0.29, 0.717) is 0 Å². The largest absolute Gasteiger partial charge is 0.309 e. The molecule has 0 saturated heterocycles. The third-order valence-corrected chi connectivity index (χ3v) is 10.6. The number of fused-ring (bicyclic) bond motifs is 9. The van der Waals surface area contributed by atoms with Gasteiger partial charge in [0.25, 0.3) is 0 Å². The van der Waals surface area contributed by atoms with Crippen molar-refractivity contribution in [3.63, 3.8) is 0 Å². The molecule has 0 bridgehead atoms. The molecule has 0 fully saturated rings. The van der Waals surface area contributed by atoms with Crippen LogP contribution >= 0.6 is 0 Å². The molecule has 0 aliphatic heterocycles. The zero-order chi connectivity index (χ0) is 34.9. The molecule has 4 heterocycles. The Labute approximate surface area is 305 Å². The van der Waals surface area contributed by atoms with Crippen molar-refractivity contribution >= 4 is 65.3 Å². The number of hydrogen-bond acceptors (Lipinski definition) is 3. The zero-order valence-electron chi connectivity index (χ0n) is 28.6. The molecule has 0 aliphatic carbocycles. The fourth-order valence-corrected chi connectivity index (χ4v) is 8.04. The van der Waals surface area contributed by atoms with Gasteiger partial charge in [-0.3, -0.25) is 4.98 Å². The number of nitrogens with zero attached hydrogens (tertiary/aromatic N) is 4. The van der Waals surface area contributed by atoms with E-state index in [9.17, 15) is 0 Å². The van der Waals surface area contributed by atoms with Gasteiger partial charge in [0.2, 0.25) is 0 Å². The average Bonchev–Trinajstić information content (AvgIpc) is 3.55. The Balaban J connectivity index is 1.09. The van der Waals surface area contributed by atoms with Crippen molar-refractivity contribution in [2.45, 2.75) is 0 Å². The summed E-state index contributed by atoms with van der Waals surface area (Å²) in [4.78, 5) is 15.1. The zero-order valence-corrected chi connectivity index (χ0v) is 28.6. The first-order valence-corrected chi connectivity index (χ1v) is 17.9. The molecule has 4 heteroatoms. The summed E-state index contributed by atoms with van der Waals surface area (Å²) in [6.07, 6.45) is 1.84. The molecule has 4 nitrogen and oxygen atoms in total. The van der Waals surface area contributed by atoms with Crippen LogP contribution in [-0.2, 0) is 0 Å². The van der Waals surface area contributed by atoms with Crippen molar-refractivity contribution in [3.05, 3.63) is 182 Å². The molecule has 4 aromatic heterocycles. The van der Waals surface area contributed by atoms with Gasteiger partial charge >= 0.3 is 0 Å². The summed E-state index contributed by atoms with van der Waals surface area (Å²) >= 11 is 0. The number of para-hydroxylation sites is 1. The molecule has 0 atom stereocenters. The van der Waals surface area contributed by atoms with Crippen LogP contribution in [0, 0.1) is 0 Å². The summed E-state index contributed by atoms with van der Waals surface area (Å²) in [5.41, 5.74) is 12.7. The van der Waals surface area contributed by atoms with Crippen LogP contribution in [0.1, 0.15) is 0 Å². The highest BCUT2D eigenvalue weighted by molar-refractivity contribution is 6.19. The minimum absolute atomic E-state index is 0.927. The predicted molar refractivity (Wildman–Crippen MR) is 220 cm³/mol. The Morgan fingerprint density at radius 3 is 1.89 bits per heavy atom. The quantitative estimate of drug-likeness (QED) is 0.175. The summed E-state index contributed by atoms with van der Waals surface area (Å²) < 4.78 is 2.39. The molecule has 53 heavy (non-hydrogen) atoms. The van der Waals surface area contributed by atoms with Crippen molar-refractivity contribution in [1.82, 2.24) is 19.5 Å². The first kappa shape index (κ1) is 29.5. The molecule has 11 rings (SSSR count). The molecule has 0 aliphatic rings. The molecule has 246 valence electrons. The van der Waals surface area contributed by atoms with Gasteiger partial charge in [-0.2, -0.15) is 0 Å². The Kier molecular flexibility index (Phi) is 6.52. The van der Waals surface area contributed by atoms with Gasteiger partial charge in [-0.1, -0.05) is 127 Å². The lowest BCUT2D eigenvalue weighted by Gasteiger charge is -2.12.